The van der Waals surface area contributed by atoms with Crippen molar-refractivity contribution >= 4 is 0 Å². The second-order valence-electron chi connectivity index (χ2n) is 3.86. The summed E-state index contributed by atoms with van der Waals surface area (Å²) in [6.45, 7) is 5.46. The van der Waals surface area contributed by atoms with Gasteiger partial charge in [-0.3, -0.25) is 0 Å². The Morgan fingerprint density at radius 3 is 2.36 bits per heavy atom. The molecule has 0 unspecified atom stereocenters. The number of rotatable bonds is 2. The highest BCUT2D eigenvalue weighted by molar-refractivity contribution is 5.53. The largest absolute Gasteiger partial charge is 0.504 e. The van der Waals surface area contributed by atoms with Gasteiger partial charge in [0.15, 0.2) is 11.5 Å². The maximum Gasteiger partial charge on any atom is 0.160 e. The summed E-state index contributed by atoms with van der Waals surface area (Å²) in [6.07, 6.45) is 0.709. The first-order valence-electron chi connectivity index (χ1n) is 4.70. The Labute approximate surface area is 84.2 Å². The van der Waals surface area contributed by atoms with Crippen LogP contribution >= 0.6 is 0 Å². The van der Waals surface area contributed by atoms with Crippen LogP contribution in [0.2, 0.25) is 0 Å². The molecule has 0 aromatic heterocycles. The van der Waals surface area contributed by atoms with Gasteiger partial charge in [-0.2, -0.15) is 0 Å². The Bertz CT molecular complexity index is 346. The van der Waals surface area contributed by atoms with Crippen molar-refractivity contribution in [2.75, 3.05) is 0 Å². The lowest BCUT2D eigenvalue weighted by atomic mass is 9.98. The van der Waals surface area contributed by atoms with Gasteiger partial charge < -0.3 is 15.9 Å². The lowest BCUT2D eigenvalue weighted by Gasteiger charge is -2.13. The molecular weight excluding hydrogens is 178 g/mol. The molecule has 78 valence electrons. The molecule has 0 bridgehead atoms. The number of phenols is 2. The Morgan fingerprint density at radius 1 is 1.29 bits per heavy atom. The topological polar surface area (TPSA) is 66.5 Å². The van der Waals surface area contributed by atoms with Crippen LogP contribution in [0.5, 0.6) is 11.5 Å². The summed E-state index contributed by atoms with van der Waals surface area (Å²) in [4.78, 5) is 0. The molecule has 0 aliphatic heterocycles. The average Bonchev–Trinajstić information content (AvgIpc) is 2.10. The van der Waals surface area contributed by atoms with Gasteiger partial charge in [-0.05, 0) is 43.9 Å². The average molecular weight is 195 g/mol. The summed E-state index contributed by atoms with van der Waals surface area (Å²) < 4.78 is 0. The van der Waals surface area contributed by atoms with Crippen molar-refractivity contribution in [2.24, 2.45) is 5.73 Å². The number of hydrogen-bond donors (Lipinski definition) is 3. The number of aromatic hydroxyl groups is 2. The van der Waals surface area contributed by atoms with E-state index in [1.807, 2.05) is 13.0 Å². The van der Waals surface area contributed by atoms with E-state index in [0.717, 1.165) is 5.56 Å². The predicted molar refractivity (Wildman–Crippen MR) is 56.6 cm³/mol. The van der Waals surface area contributed by atoms with E-state index < -0.39 is 0 Å². The molecule has 14 heavy (non-hydrogen) atoms. The molecule has 0 aliphatic carbocycles. The van der Waals surface area contributed by atoms with Crippen molar-refractivity contribution in [3.05, 3.63) is 22.8 Å². The van der Waals surface area contributed by atoms with Crippen molar-refractivity contribution in [3.63, 3.8) is 0 Å². The molecule has 4 N–H and O–H groups in total. The van der Waals surface area contributed by atoms with Gasteiger partial charge in [0, 0.05) is 6.04 Å². The van der Waals surface area contributed by atoms with Gasteiger partial charge in [0.05, 0.1) is 0 Å². The highest BCUT2D eigenvalue weighted by Gasteiger charge is 2.12. The van der Waals surface area contributed by atoms with Gasteiger partial charge in [0.25, 0.3) is 0 Å². The first-order chi connectivity index (χ1) is 6.43. The maximum absolute atomic E-state index is 9.59. The van der Waals surface area contributed by atoms with Gasteiger partial charge in [0.2, 0.25) is 0 Å². The van der Waals surface area contributed by atoms with E-state index >= 15 is 0 Å². The zero-order valence-electron chi connectivity index (χ0n) is 8.83. The van der Waals surface area contributed by atoms with Gasteiger partial charge in [-0.25, -0.2) is 0 Å². The number of benzene rings is 1. The molecule has 1 atom stereocenters. The van der Waals surface area contributed by atoms with Crippen LogP contribution in [0.15, 0.2) is 6.07 Å². The first-order valence-corrected chi connectivity index (χ1v) is 4.70. The maximum atomic E-state index is 9.59. The molecule has 0 heterocycles. The van der Waals surface area contributed by atoms with E-state index in [4.69, 9.17) is 5.73 Å². The molecule has 0 saturated carbocycles. The van der Waals surface area contributed by atoms with Crippen LogP contribution in [0.25, 0.3) is 0 Å². The summed E-state index contributed by atoms with van der Waals surface area (Å²) >= 11 is 0. The normalized spacial score (nSPS) is 12.9. The van der Waals surface area contributed by atoms with E-state index in [2.05, 4.69) is 0 Å². The molecule has 1 aromatic carbocycles. The van der Waals surface area contributed by atoms with Crippen molar-refractivity contribution in [1.29, 1.82) is 0 Å². The molecule has 0 amide bonds. The fourth-order valence-corrected chi connectivity index (χ4v) is 1.51. The number of nitrogens with two attached hydrogens (primary N) is 1. The van der Waals surface area contributed by atoms with E-state index in [-0.39, 0.29) is 17.5 Å². The monoisotopic (exact) mass is 195 g/mol. The predicted octanol–water partition coefficient (Wildman–Crippen LogP) is 1.60. The third-order valence-corrected chi connectivity index (χ3v) is 2.37. The van der Waals surface area contributed by atoms with Crippen LogP contribution in [-0.2, 0) is 6.42 Å². The first kappa shape index (κ1) is 10.9. The van der Waals surface area contributed by atoms with Gasteiger partial charge in [0.1, 0.15) is 0 Å². The van der Waals surface area contributed by atoms with E-state index in [1.165, 1.54) is 0 Å². The molecular formula is C11H17NO2. The Morgan fingerprint density at radius 2 is 1.86 bits per heavy atom. The lowest BCUT2D eigenvalue weighted by Crippen LogP contribution is -2.18. The fourth-order valence-electron chi connectivity index (χ4n) is 1.51. The summed E-state index contributed by atoms with van der Waals surface area (Å²) in [6, 6.07) is 1.92. The zero-order valence-corrected chi connectivity index (χ0v) is 8.83. The summed E-state index contributed by atoms with van der Waals surface area (Å²) in [7, 11) is 0. The molecule has 3 heteroatoms. The Hall–Kier alpha value is -1.22. The van der Waals surface area contributed by atoms with Gasteiger partial charge in [-0.1, -0.05) is 6.07 Å². The quantitative estimate of drug-likeness (QED) is 0.628. The van der Waals surface area contributed by atoms with Crippen LogP contribution in [-0.4, -0.2) is 16.3 Å². The minimum absolute atomic E-state index is 0.0272. The van der Waals surface area contributed by atoms with E-state index in [0.29, 0.717) is 17.5 Å². The fraction of sp³-hybridized carbons (Fsp3) is 0.455. The van der Waals surface area contributed by atoms with Crippen molar-refractivity contribution < 1.29 is 10.2 Å². The smallest absolute Gasteiger partial charge is 0.160 e. The molecule has 0 aliphatic rings. The number of hydrogen-bond acceptors (Lipinski definition) is 3. The van der Waals surface area contributed by atoms with Crippen molar-refractivity contribution in [1.82, 2.24) is 0 Å². The summed E-state index contributed by atoms with van der Waals surface area (Å²) in [5, 5.41) is 19.1. The third kappa shape index (κ3) is 1.99. The third-order valence-electron chi connectivity index (χ3n) is 2.37. The molecule has 3 nitrogen and oxygen atoms in total. The van der Waals surface area contributed by atoms with Crippen LogP contribution in [0, 0.1) is 13.8 Å². The molecule has 1 aromatic rings. The molecule has 1 rings (SSSR count). The van der Waals surface area contributed by atoms with Crippen molar-refractivity contribution in [2.45, 2.75) is 33.2 Å². The molecule has 0 saturated heterocycles. The van der Waals surface area contributed by atoms with E-state index in [9.17, 15) is 10.2 Å². The summed E-state index contributed by atoms with van der Waals surface area (Å²) in [5.41, 5.74) is 8.08. The SMILES string of the molecule is Cc1cc(C[C@@H](C)N)c(C)c(O)c1O. The summed E-state index contributed by atoms with van der Waals surface area (Å²) in [5.74, 6) is -0.0587. The second kappa shape index (κ2) is 3.88. The van der Waals surface area contributed by atoms with Crippen LogP contribution < -0.4 is 5.73 Å². The zero-order chi connectivity index (χ0) is 10.9. The van der Waals surface area contributed by atoms with Crippen molar-refractivity contribution in [3.8, 4) is 11.5 Å². The highest BCUT2D eigenvalue weighted by atomic mass is 16.3. The van der Waals surface area contributed by atoms with Gasteiger partial charge >= 0.3 is 0 Å². The number of phenolic OH excluding ortho intramolecular Hbond substituents is 2. The van der Waals surface area contributed by atoms with Gasteiger partial charge in [-0.15, -0.1) is 0 Å². The molecule has 0 radical (unpaired) electrons. The standard InChI is InChI=1S/C11H17NO2/c1-6-4-9(5-7(2)12)8(3)11(14)10(6)13/h4,7,13-14H,5,12H2,1-3H3/t7-/m1/s1. The lowest BCUT2D eigenvalue weighted by molar-refractivity contribution is 0.397. The minimum Gasteiger partial charge on any atom is -0.504 e. The minimum atomic E-state index is -0.0316. The van der Waals surface area contributed by atoms with E-state index in [1.54, 1.807) is 13.8 Å². The second-order valence-corrected chi connectivity index (χ2v) is 3.86. The molecule has 0 spiro atoms. The van der Waals surface area contributed by atoms with Crippen LogP contribution in [0.4, 0.5) is 0 Å². The van der Waals surface area contributed by atoms with Crippen LogP contribution in [0.3, 0.4) is 0 Å². The Balaban J connectivity index is 3.19. The molecule has 0 fully saturated rings. The van der Waals surface area contributed by atoms with Crippen LogP contribution in [0.1, 0.15) is 23.6 Å². The highest BCUT2D eigenvalue weighted by Crippen LogP contribution is 2.34. The number of aryl methyl sites for hydroxylation is 1. The Kier molecular flexibility index (Phi) is 3.01.